The van der Waals surface area contributed by atoms with Crippen LogP contribution in [0.1, 0.15) is 17.4 Å². The lowest BCUT2D eigenvalue weighted by atomic mass is 10.2. The summed E-state index contributed by atoms with van der Waals surface area (Å²) in [5.74, 6) is -0.482. The van der Waals surface area contributed by atoms with Gasteiger partial charge in [0.15, 0.2) is 11.3 Å². The highest BCUT2D eigenvalue weighted by molar-refractivity contribution is 9.10. The minimum Gasteiger partial charge on any atom is -0.326 e. The van der Waals surface area contributed by atoms with E-state index in [-0.39, 0.29) is 17.5 Å². The summed E-state index contributed by atoms with van der Waals surface area (Å²) >= 11 is 3.30. The maximum Gasteiger partial charge on any atom is 0.276 e. The number of rotatable bonds is 3. The number of carbonyl (C=O) groups excluding carboxylic acids is 2. The molecular weight excluding hydrogens is 362 g/mol. The highest BCUT2D eigenvalue weighted by Gasteiger charge is 2.12. The second-order valence-corrected chi connectivity index (χ2v) is 5.73. The van der Waals surface area contributed by atoms with Crippen LogP contribution in [-0.2, 0) is 4.79 Å². The molecule has 0 bridgehead atoms. The van der Waals surface area contributed by atoms with Gasteiger partial charge in [0.25, 0.3) is 5.91 Å². The topological polar surface area (TPSA) is 88.4 Å². The summed E-state index contributed by atoms with van der Waals surface area (Å²) in [5.41, 5.74) is 2.12. The third-order valence-corrected chi connectivity index (χ3v) is 3.39. The number of carbonyl (C=O) groups is 2. The molecule has 2 aromatic heterocycles. The first kappa shape index (κ1) is 15.2. The smallest absolute Gasteiger partial charge is 0.276 e. The Morgan fingerprint density at radius 3 is 2.43 bits per heavy atom. The van der Waals surface area contributed by atoms with E-state index in [1.165, 1.54) is 11.4 Å². The molecule has 2 amide bonds. The van der Waals surface area contributed by atoms with E-state index in [2.05, 4.69) is 36.6 Å². The molecule has 116 valence electrons. The SMILES string of the molecule is CC(=O)Nc1ccc(NC(=O)c2cc3ncc(Br)cn3n2)cc1. The largest absolute Gasteiger partial charge is 0.326 e. The van der Waals surface area contributed by atoms with Gasteiger partial charge in [-0.1, -0.05) is 0 Å². The molecule has 0 saturated heterocycles. The molecule has 0 saturated carbocycles. The number of fused-ring (bicyclic) bond motifs is 1. The molecule has 0 fully saturated rings. The Kier molecular flexibility index (Phi) is 4.07. The Hall–Kier alpha value is -2.74. The second kappa shape index (κ2) is 6.17. The van der Waals surface area contributed by atoms with Crippen LogP contribution in [0.3, 0.4) is 0 Å². The van der Waals surface area contributed by atoms with Crippen LogP contribution in [0.25, 0.3) is 5.65 Å². The number of hydrogen-bond donors (Lipinski definition) is 2. The zero-order chi connectivity index (χ0) is 16.4. The minimum absolute atomic E-state index is 0.148. The Labute approximate surface area is 139 Å². The van der Waals surface area contributed by atoms with Crippen molar-refractivity contribution in [3.8, 4) is 0 Å². The van der Waals surface area contributed by atoms with Gasteiger partial charge in [0.05, 0.1) is 4.47 Å². The van der Waals surface area contributed by atoms with Crippen LogP contribution in [0.2, 0.25) is 0 Å². The van der Waals surface area contributed by atoms with E-state index >= 15 is 0 Å². The van der Waals surface area contributed by atoms with Crippen LogP contribution in [-0.4, -0.2) is 26.4 Å². The van der Waals surface area contributed by atoms with E-state index in [0.717, 1.165) is 4.47 Å². The van der Waals surface area contributed by atoms with Crippen molar-refractivity contribution in [2.24, 2.45) is 0 Å². The van der Waals surface area contributed by atoms with Gasteiger partial charge in [0, 0.05) is 36.8 Å². The maximum absolute atomic E-state index is 12.2. The fraction of sp³-hybridized carbons (Fsp3) is 0.0667. The fourth-order valence-electron chi connectivity index (χ4n) is 2.00. The van der Waals surface area contributed by atoms with Gasteiger partial charge >= 0.3 is 0 Å². The molecule has 0 unspecified atom stereocenters. The van der Waals surface area contributed by atoms with Gasteiger partial charge in [-0.3, -0.25) is 9.59 Å². The highest BCUT2D eigenvalue weighted by Crippen LogP contribution is 2.15. The van der Waals surface area contributed by atoms with Gasteiger partial charge in [0.1, 0.15) is 0 Å². The van der Waals surface area contributed by atoms with Crippen molar-refractivity contribution in [1.29, 1.82) is 0 Å². The molecule has 0 spiro atoms. The Morgan fingerprint density at radius 2 is 1.78 bits per heavy atom. The molecule has 7 nitrogen and oxygen atoms in total. The first-order chi connectivity index (χ1) is 11.0. The van der Waals surface area contributed by atoms with Crippen molar-refractivity contribution in [3.05, 3.63) is 52.9 Å². The lowest BCUT2D eigenvalue weighted by Crippen LogP contribution is -2.13. The number of amides is 2. The summed E-state index contributed by atoms with van der Waals surface area (Å²) < 4.78 is 2.30. The van der Waals surface area contributed by atoms with Gasteiger partial charge in [-0.05, 0) is 40.2 Å². The standard InChI is InChI=1S/C15H12BrN5O2/c1-9(22)18-11-2-4-12(5-3-11)19-15(23)13-6-14-17-7-10(16)8-21(14)20-13/h2-8H,1H3,(H,18,22)(H,19,23). The molecule has 8 heteroatoms. The molecule has 0 aliphatic rings. The van der Waals surface area contributed by atoms with Crippen LogP contribution in [0.4, 0.5) is 11.4 Å². The fourth-order valence-corrected chi connectivity index (χ4v) is 2.30. The average molecular weight is 374 g/mol. The number of anilines is 2. The third-order valence-electron chi connectivity index (χ3n) is 2.98. The molecule has 0 aliphatic heterocycles. The van der Waals surface area contributed by atoms with Crippen LogP contribution in [0, 0.1) is 0 Å². The van der Waals surface area contributed by atoms with E-state index in [9.17, 15) is 9.59 Å². The molecule has 2 heterocycles. The van der Waals surface area contributed by atoms with E-state index in [0.29, 0.717) is 17.0 Å². The predicted octanol–water partition coefficient (Wildman–Crippen LogP) is 2.70. The monoisotopic (exact) mass is 373 g/mol. The number of nitrogens with one attached hydrogen (secondary N) is 2. The molecule has 3 aromatic rings. The van der Waals surface area contributed by atoms with E-state index in [4.69, 9.17) is 0 Å². The molecule has 0 radical (unpaired) electrons. The van der Waals surface area contributed by atoms with Crippen molar-refractivity contribution in [1.82, 2.24) is 14.6 Å². The lowest BCUT2D eigenvalue weighted by molar-refractivity contribution is -0.114. The molecule has 1 aromatic carbocycles. The Morgan fingerprint density at radius 1 is 1.13 bits per heavy atom. The highest BCUT2D eigenvalue weighted by atomic mass is 79.9. The summed E-state index contributed by atoms with van der Waals surface area (Å²) in [5, 5.41) is 9.59. The van der Waals surface area contributed by atoms with Crippen molar-refractivity contribution < 1.29 is 9.59 Å². The zero-order valence-electron chi connectivity index (χ0n) is 12.1. The summed E-state index contributed by atoms with van der Waals surface area (Å²) in [4.78, 5) is 27.4. The van der Waals surface area contributed by atoms with Gasteiger partial charge < -0.3 is 10.6 Å². The first-order valence-electron chi connectivity index (χ1n) is 6.71. The minimum atomic E-state index is -0.334. The van der Waals surface area contributed by atoms with Crippen molar-refractivity contribution >= 4 is 44.8 Å². The van der Waals surface area contributed by atoms with E-state index < -0.39 is 0 Å². The first-order valence-corrected chi connectivity index (χ1v) is 7.50. The maximum atomic E-state index is 12.2. The molecule has 0 aliphatic carbocycles. The number of halogens is 1. The van der Waals surface area contributed by atoms with Gasteiger partial charge in [-0.2, -0.15) is 5.10 Å². The molecular formula is C15H12BrN5O2. The van der Waals surface area contributed by atoms with E-state index in [1.54, 1.807) is 42.7 Å². The van der Waals surface area contributed by atoms with Crippen molar-refractivity contribution in [2.75, 3.05) is 10.6 Å². The summed E-state index contributed by atoms with van der Waals surface area (Å²) in [6.45, 7) is 1.44. The zero-order valence-corrected chi connectivity index (χ0v) is 13.7. The molecule has 3 rings (SSSR count). The average Bonchev–Trinajstić information content (AvgIpc) is 2.92. The number of benzene rings is 1. The lowest BCUT2D eigenvalue weighted by Gasteiger charge is -2.05. The summed E-state index contributed by atoms with van der Waals surface area (Å²) in [6, 6.07) is 8.42. The van der Waals surface area contributed by atoms with Gasteiger partial charge in [0.2, 0.25) is 5.91 Å². The molecule has 2 N–H and O–H groups in total. The van der Waals surface area contributed by atoms with Gasteiger partial charge in [-0.25, -0.2) is 9.50 Å². The van der Waals surface area contributed by atoms with Crippen LogP contribution in [0.5, 0.6) is 0 Å². The number of nitrogens with zero attached hydrogens (tertiary/aromatic N) is 3. The number of aromatic nitrogens is 3. The number of hydrogen-bond acceptors (Lipinski definition) is 4. The van der Waals surface area contributed by atoms with Crippen molar-refractivity contribution in [2.45, 2.75) is 6.92 Å². The summed E-state index contributed by atoms with van der Waals surface area (Å²) in [7, 11) is 0. The van der Waals surface area contributed by atoms with Gasteiger partial charge in [-0.15, -0.1) is 0 Å². The summed E-state index contributed by atoms with van der Waals surface area (Å²) in [6.07, 6.45) is 3.36. The quantitative estimate of drug-likeness (QED) is 0.738. The second-order valence-electron chi connectivity index (χ2n) is 4.82. The van der Waals surface area contributed by atoms with Crippen LogP contribution >= 0.6 is 15.9 Å². The predicted molar refractivity (Wildman–Crippen MR) is 89.4 cm³/mol. The van der Waals surface area contributed by atoms with Crippen LogP contribution < -0.4 is 10.6 Å². The normalized spacial score (nSPS) is 10.5. The van der Waals surface area contributed by atoms with Crippen molar-refractivity contribution in [3.63, 3.8) is 0 Å². The Bertz CT molecular complexity index is 889. The molecule has 0 atom stereocenters. The third kappa shape index (κ3) is 3.54. The Balaban J connectivity index is 1.76. The molecule has 23 heavy (non-hydrogen) atoms. The van der Waals surface area contributed by atoms with E-state index in [1.807, 2.05) is 0 Å². The van der Waals surface area contributed by atoms with Crippen LogP contribution in [0.15, 0.2) is 47.2 Å².